The average molecular weight is 180 g/mol. The molecule has 13 heavy (non-hydrogen) atoms. The first-order chi connectivity index (χ1) is 6.20. The van der Waals surface area contributed by atoms with Crippen LogP contribution in [0.4, 0.5) is 0 Å². The van der Waals surface area contributed by atoms with Crippen molar-refractivity contribution in [1.82, 2.24) is 9.55 Å². The minimum absolute atomic E-state index is 0.833. The number of allylic oxidation sites excluding steroid dienone is 1. The van der Waals surface area contributed by atoms with E-state index in [-0.39, 0.29) is 0 Å². The molecule has 70 valence electrons. The number of hydrogen-bond acceptors (Lipinski definition) is 2. The highest BCUT2D eigenvalue weighted by Gasteiger charge is 1.75. The van der Waals surface area contributed by atoms with Gasteiger partial charge in [-0.3, -0.25) is 0 Å². The molecule has 0 unspecified atom stereocenters. The molecular formula is C9H12N2O2. The van der Waals surface area contributed by atoms with Gasteiger partial charge in [0.1, 0.15) is 0 Å². The van der Waals surface area contributed by atoms with Crippen LogP contribution in [0, 0.1) is 0 Å². The number of aromatic nitrogens is 2. The van der Waals surface area contributed by atoms with E-state index >= 15 is 0 Å². The normalized spacial score (nSPS) is 9.00. The molecule has 0 aliphatic carbocycles. The van der Waals surface area contributed by atoms with E-state index in [0.29, 0.717) is 0 Å². The van der Waals surface area contributed by atoms with Crippen LogP contribution in [-0.2, 0) is 4.79 Å². The van der Waals surface area contributed by atoms with Crippen LogP contribution in [0.5, 0.6) is 0 Å². The molecule has 0 saturated carbocycles. The Hall–Kier alpha value is -1.84. The Kier molecular flexibility index (Phi) is 5.88. The molecule has 0 aliphatic heterocycles. The zero-order valence-electron chi connectivity index (χ0n) is 7.42. The second kappa shape index (κ2) is 6.84. The summed E-state index contributed by atoms with van der Waals surface area (Å²) in [6.07, 6.45) is 10.1. The number of carboxylic acids is 1. The van der Waals surface area contributed by atoms with Crippen molar-refractivity contribution in [2.75, 3.05) is 0 Å². The summed E-state index contributed by atoms with van der Waals surface area (Å²) in [6, 6.07) is 0. The highest BCUT2D eigenvalue weighted by molar-refractivity contribution is 5.78. The topological polar surface area (TPSA) is 55.1 Å². The summed E-state index contributed by atoms with van der Waals surface area (Å²) in [4.78, 5) is 13.1. The quantitative estimate of drug-likeness (QED) is 0.704. The third-order valence-corrected chi connectivity index (χ3v) is 1.02. The van der Waals surface area contributed by atoms with E-state index in [9.17, 15) is 4.79 Å². The summed E-state index contributed by atoms with van der Waals surface area (Å²) in [5, 5.41) is 7.60. The standard InChI is InChI=1S/C6H8N2.C3H4O2/c1-2-4-8-5-3-7-6-8;1-2-3(4)5/h2-6H,1H3;2H,1H2,(H,4,5). The zero-order chi connectivity index (χ0) is 10.1. The summed E-state index contributed by atoms with van der Waals surface area (Å²) >= 11 is 0. The first kappa shape index (κ1) is 11.2. The lowest BCUT2D eigenvalue weighted by Gasteiger charge is -1.83. The van der Waals surface area contributed by atoms with Crippen LogP contribution in [0.2, 0.25) is 0 Å². The molecule has 0 aliphatic rings. The molecule has 0 bridgehead atoms. The molecule has 1 N–H and O–H groups in total. The molecule has 1 heterocycles. The monoisotopic (exact) mass is 180 g/mol. The van der Waals surface area contributed by atoms with Gasteiger partial charge in [0.2, 0.25) is 0 Å². The molecule has 1 rings (SSSR count). The van der Waals surface area contributed by atoms with Crippen LogP contribution in [0.25, 0.3) is 6.20 Å². The second-order valence-corrected chi connectivity index (χ2v) is 2.03. The van der Waals surface area contributed by atoms with Gasteiger partial charge in [0.25, 0.3) is 0 Å². The maximum atomic E-state index is 9.25. The first-order valence-corrected chi connectivity index (χ1v) is 3.66. The van der Waals surface area contributed by atoms with Gasteiger partial charge in [0.05, 0.1) is 6.33 Å². The Balaban J connectivity index is 0.000000252. The van der Waals surface area contributed by atoms with E-state index in [0.717, 1.165) is 6.08 Å². The van der Waals surface area contributed by atoms with Crippen LogP contribution >= 0.6 is 0 Å². The van der Waals surface area contributed by atoms with Crippen molar-refractivity contribution in [3.8, 4) is 0 Å². The lowest BCUT2D eigenvalue weighted by Crippen LogP contribution is -1.82. The minimum atomic E-state index is -0.981. The molecule has 0 saturated heterocycles. The van der Waals surface area contributed by atoms with Crippen molar-refractivity contribution in [2.45, 2.75) is 6.92 Å². The molecule has 1 aromatic rings. The van der Waals surface area contributed by atoms with E-state index in [1.807, 2.05) is 30.0 Å². The summed E-state index contributed by atoms with van der Waals surface area (Å²) in [6.45, 7) is 4.93. The number of hydrogen-bond donors (Lipinski definition) is 1. The SMILES string of the molecule is C=CC(=O)O.CC=Cn1ccnc1. The van der Waals surface area contributed by atoms with Crippen molar-refractivity contribution >= 4 is 12.2 Å². The highest BCUT2D eigenvalue weighted by Crippen LogP contribution is 1.84. The molecule has 0 fully saturated rings. The van der Waals surface area contributed by atoms with Gasteiger partial charge in [-0.25, -0.2) is 9.78 Å². The predicted octanol–water partition coefficient (Wildman–Crippen LogP) is 1.63. The first-order valence-electron chi connectivity index (χ1n) is 3.66. The Morgan fingerprint density at radius 2 is 2.31 bits per heavy atom. The second-order valence-electron chi connectivity index (χ2n) is 2.03. The molecule has 0 spiro atoms. The Morgan fingerprint density at radius 3 is 2.62 bits per heavy atom. The van der Waals surface area contributed by atoms with Gasteiger partial charge in [-0.2, -0.15) is 0 Å². The lowest BCUT2D eigenvalue weighted by atomic mass is 10.7. The van der Waals surface area contributed by atoms with Crippen molar-refractivity contribution < 1.29 is 9.90 Å². The van der Waals surface area contributed by atoms with Crippen LogP contribution in [-0.4, -0.2) is 20.6 Å². The number of rotatable bonds is 2. The van der Waals surface area contributed by atoms with Crippen LogP contribution in [0.15, 0.2) is 37.5 Å². The largest absolute Gasteiger partial charge is 0.478 e. The summed E-state index contributed by atoms with van der Waals surface area (Å²) < 4.78 is 1.89. The number of imidazole rings is 1. The van der Waals surface area contributed by atoms with Gasteiger partial charge in [0.15, 0.2) is 0 Å². The van der Waals surface area contributed by atoms with Gasteiger partial charge < -0.3 is 9.67 Å². The van der Waals surface area contributed by atoms with E-state index in [1.165, 1.54) is 0 Å². The third-order valence-electron chi connectivity index (χ3n) is 1.02. The number of carboxylic acid groups (broad SMARTS) is 1. The number of aliphatic carboxylic acids is 1. The fraction of sp³-hybridized carbons (Fsp3) is 0.111. The Labute approximate surface area is 76.8 Å². The van der Waals surface area contributed by atoms with Crippen molar-refractivity contribution in [3.05, 3.63) is 37.5 Å². The Bertz CT molecular complexity index is 276. The van der Waals surface area contributed by atoms with Crippen molar-refractivity contribution in [1.29, 1.82) is 0 Å². The number of carbonyl (C=O) groups is 1. The molecule has 0 atom stereocenters. The maximum absolute atomic E-state index is 9.25. The summed E-state index contributed by atoms with van der Waals surface area (Å²) in [5.41, 5.74) is 0. The van der Waals surface area contributed by atoms with Crippen LogP contribution < -0.4 is 0 Å². The third kappa shape index (κ3) is 6.55. The minimum Gasteiger partial charge on any atom is -0.478 e. The Morgan fingerprint density at radius 1 is 1.69 bits per heavy atom. The fourth-order valence-electron chi connectivity index (χ4n) is 0.530. The van der Waals surface area contributed by atoms with Gasteiger partial charge in [-0.15, -0.1) is 0 Å². The molecule has 4 heteroatoms. The van der Waals surface area contributed by atoms with Gasteiger partial charge in [0, 0.05) is 24.7 Å². The molecule has 0 amide bonds. The molecule has 0 radical (unpaired) electrons. The van der Waals surface area contributed by atoms with E-state index < -0.39 is 5.97 Å². The molecule has 4 nitrogen and oxygen atoms in total. The smallest absolute Gasteiger partial charge is 0.327 e. The molecule has 1 aromatic heterocycles. The summed E-state index contributed by atoms with van der Waals surface area (Å²) in [7, 11) is 0. The van der Waals surface area contributed by atoms with E-state index in [2.05, 4.69) is 11.6 Å². The van der Waals surface area contributed by atoms with Gasteiger partial charge in [-0.1, -0.05) is 12.7 Å². The maximum Gasteiger partial charge on any atom is 0.327 e. The van der Waals surface area contributed by atoms with Gasteiger partial charge in [-0.05, 0) is 6.92 Å². The zero-order valence-corrected chi connectivity index (χ0v) is 7.42. The molecular weight excluding hydrogens is 168 g/mol. The van der Waals surface area contributed by atoms with Crippen molar-refractivity contribution in [2.24, 2.45) is 0 Å². The van der Waals surface area contributed by atoms with Crippen molar-refractivity contribution in [3.63, 3.8) is 0 Å². The van der Waals surface area contributed by atoms with E-state index in [4.69, 9.17) is 5.11 Å². The predicted molar refractivity (Wildman–Crippen MR) is 51.1 cm³/mol. The van der Waals surface area contributed by atoms with Crippen LogP contribution in [0.3, 0.4) is 0 Å². The lowest BCUT2D eigenvalue weighted by molar-refractivity contribution is -0.131. The molecule has 0 aromatic carbocycles. The van der Waals surface area contributed by atoms with E-state index in [1.54, 1.807) is 12.5 Å². The fourth-order valence-corrected chi connectivity index (χ4v) is 0.530. The highest BCUT2D eigenvalue weighted by atomic mass is 16.4. The summed E-state index contributed by atoms with van der Waals surface area (Å²) in [5.74, 6) is -0.981. The number of nitrogens with zero attached hydrogens (tertiary/aromatic N) is 2. The van der Waals surface area contributed by atoms with Gasteiger partial charge >= 0.3 is 5.97 Å². The van der Waals surface area contributed by atoms with Crippen LogP contribution in [0.1, 0.15) is 6.92 Å². The average Bonchev–Trinajstić information content (AvgIpc) is 2.59.